The molecule has 0 saturated heterocycles. The maximum atomic E-state index is 13.0. The lowest BCUT2D eigenvalue weighted by Crippen LogP contribution is -2.33. The Morgan fingerprint density at radius 3 is 2.53 bits per heavy atom. The van der Waals surface area contributed by atoms with E-state index in [1.807, 2.05) is 12.1 Å². The average molecular weight is 274 g/mol. The largest absolute Gasteiger partial charge is 0.312 e. The van der Waals surface area contributed by atoms with Gasteiger partial charge in [-0.3, -0.25) is 0 Å². The van der Waals surface area contributed by atoms with Crippen LogP contribution in [0.1, 0.15) is 26.3 Å². The summed E-state index contributed by atoms with van der Waals surface area (Å²) in [6.07, 6.45) is 0.914. The van der Waals surface area contributed by atoms with Crippen molar-refractivity contribution >= 4 is 15.9 Å². The van der Waals surface area contributed by atoms with E-state index in [-0.39, 0.29) is 5.82 Å². The first kappa shape index (κ1) is 12.7. The quantitative estimate of drug-likeness (QED) is 0.885. The first-order valence-electron chi connectivity index (χ1n) is 5.19. The molecule has 0 radical (unpaired) electrons. The van der Waals surface area contributed by atoms with E-state index in [2.05, 4.69) is 42.0 Å². The van der Waals surface area contributed by atoms with Crippen molar-refractivity contribution in [3.05, 3.63) is 34.1 Å². The highest BCUT2D eigenvalue weighted by Gasteiger charge is 2.06. The van der Waals surface area contributed by atoms with Crippen molar-refractivity contribution in [2.45, 2.75) is 39.3 Å². The number of hydrogen-bond donors (Lipinski definition) is 1. The molecule has 0 bridgehead atoms. The molecule has 1 aromatic carbocycles. The van der Waals surface area contributed by atoms with Crippen LogP contribution in [0.4, 0.5) is 4.39 Å². The molecule has 0 aliphatic heterocycles. The van der Waals surface area contributed by atoms with Gasteiger partial charge in [0.25, 0.3) is 0 Å². The van der Waals surface area contributed by atoms with Crippen molar-refractivity contribution in [3.63, 3.8) is 0 Å². The minimum absolute atomic E-state index is 0.205. The second-order valence-electron chi connectivity index (χ2n) is 4.18. The summed E-state index contributed by atoms with van der Waals surface area (Å²) in [7, 11) is 0. The summed E-state index contributed by atoms with van der Waals surface area (Å²) >= 11 is 3.19. The fourth-order valence-electron chi connectivity index (χ4n) is 1.65. The Hall–Kier alpha value is -0.410. The van der Waals surface area contributed by atoms with Crippen molar-refractivity contribution in [2.24, 2.45) is 0 Å². The predicted octanol–water partition coefficient (Wildman–Crippen LogP) is 3.52. The highest BCUT2D eigenvalue weighted by atomic mass is 79.9. The molecule has 0 aliphatic rings. The van der Waals surface area contributed by atoms with E-state index in [4.69, 9.17) is 0 Å². The van der Waals surface area contributed by atoms with Gasteiger partial charge in [-0.15, -0.1) is 0 Å². The van der Waals surface area contributed by atoms with Gasteiger partial charge in [0.15, 0.2) is 0 Å². The van der Waals surface area contributed by atoms with Gasteiger partial charge in [0, 0.05) is 12.1 Å². The lowest BCUT2D eigenvalue weighted by Gasteiger charge is -2.16. The Kier molecular flexibility index (Phi) is 4.74. The molecule has 1 N–H and O–H groups in total. The SMILES string of the molecule is CC(C)NC(C)Cc1ccc(F)c(Br)c1. The normalized spacial score (nSPS) is 13.2. The zero-order valence-electron chi connectivity index (χ0n) is 9.35. The third-order valence-corrected chi connectivity index (χ3v) is 2.75. The summed E-state index contributed by atoms with van der Waals surface area (Å²) in [5.74, 6) is -0.205. The lowest BCUT2D eigenvalue weighted by molar-refractivity contribution is 0.487. The Labute approximate surface area is 99.2 Å². The van der Waals surface area contributed by atoms with Crippen LogP contribution in [-0.4, -0.2) is 12.1 Å². The van der Waals surface area contributed by atoms with Crippen LogP contribution < -0.4 is 5.32 Å². The van der Waals surface area contributed by atoms with Gasteiger partial charge in [0.1, 0.15) is 5.82 Å². The smallest absolute Gasteiger partial charge is 0.137 e. The van der Waals surface area contributed by atoms with E-state index in [0.29, 0.717) is 16.6 Å². The van der Waals surface area contributed by atoms with E-state index >= 15 is 0 Å². The molecule has 0 fully saturated rings. The zero-order chi connectivity index (χ0) is 11.4. The molecular formula is C12H17BrFN. The lowest BCUT2D eigenvalue weighted by atomic mass is 10.1. The minimum Gasteiger partial charge on any atom is -0.312 e. The second kappa shape index (κ2) is 5.61. The molecule has 3 heteroatoms. The molecule has 0 amide bonds. The van der Waals surface area contributed by atoms with E-state index in [0.717, 1.165) is 12.0 Å². The number of hydrogen-bond acceptors (Lipinski definition) is 1. The van der Waals surface area contributed by atoms with Crippen LogP contribution in [0.2, 0.25) is 0 Å². The van der Waals surface area contributed by atoms with E-state index in [9.17, 15) is 4.39 Å². The van der Waals surface area contributed by atoms with Crippen molar-refractivity contribution in [1.82, 2.24) is 5.32 Å². The fourth-order valence-corrected chi connectivity index (χ4v) is 2.07. The van der Waals surface area contributed by atoms with Gasteiger partial charge in [0.2, 0.25) is 0 Å². The van der Waals surface area contributed by atoms with Gasteiger partial charge in [0.05, 0.1) is 4.47 Å². The maximum Gasteiger partial charge on any atom is 0.137 e. The molecule has 1 nitrogen and oxygen atoms in total. The summed E-state index contributed by atoms with van der Waals surface area (Å²) in [6.45, 7) is 6.38. The summed E-state index contributed by atoms with van der Waals surface area (Å²) in [5, 5.41) is 3.42. The number of rotatable bonds is 4. The van der Waals surface area contributed by atoms with Crippen molar-refractivity contribution in [1.29, 1.82) is 0 Å². The molecule has 0 saturated carbocycles. The average Bonchev–Trinajstić information content (AvgIpc) is 2.10. The monoisotopic (exact) mass is 273 g/mol. The van der Waals surface area contributed by atoms with Crippen LogP contribution in [0, 0.1) is 5.82 Å². The molecule has 0 aromatic heterocycles. The van der Waals surface area contributed by atoms with Gasteiger partial charge in [-0.25, -0.2) is 4.39 Å². The van der Waals surface area contributed by atoms with Crippen molar-refractivity contribution in [3.8, 4) is 0 Å². The molecule has 1 rings (SSSR count). The van der Waals surface area contributed by atoms with E-state index in [1.165, 1.54) is 6.07 Å². The molecule has 0 aliphatic carbocycles. The predicted molar refractivity (Wildman–Crippen MR) is 65.5 cm³/mol. The van der Waals surface area contributed by atoms with Crippen molar-refractivity contribution in [2.75, 3.05) is 0 Å². The standard InChI is InChI=1S/C12H17BrFN/c1-8(2)15-9(3)6-10-4-5-12(14)11(13)7-10/h4-5,7-9,15H,6H2,1-3H3. The van der Waals surface area contributed by atoms with E-state index in [1.54, 1.807) is 0 Å². The third-order valence-electron chi connectivity index (χ3n) is 2.14. The Morgan fingerprint density at radius 1 is 1.33 bits per heavy atom. The molecule has 84 valence electrons. The van der Waals surface area contributed by atoms with Crippen LogP contribution in [0.5, 0.6) is 0 Å². The molecule has 1 aromatic rings. The van der Waals surface area contributed by atoms with Gasteiger partial charge < -0.3 is 5.32 Å². The molecule has 0 spiro atoms. The molecular weight excluding hydrogens is 257 g/mol. The molecule has 15 heavy (non-hydrogen) atoms. The van der Waals surface area contributed by atoms with E-state index < -0.39 is 0 Å². The summed E-state index contributed by atoms with van der Waals surface area (Å²) < 4.78 is 13.5. The van der Waals surface area contributed by atoms with Crippen LogP contribution in [0.15, 0.2) is 22.7 Å². The maximum absolute atomic E-state index is 13.0. The Balaban J connectivity index is 2.60. The number of halogens is 2. The van der Waals surface area contributed by atoms with Crippen LogP contribution in [0.3, 0.4) is 0 Å². The first-order chi connectivity index (χ1) is 6.99. The van der Waals surface area contributed by atoms with Crippen LogP contribution in [0.25, 0.3) is 0 Å². The zero-order valence-corrected chi connectivity index (χ0v) is 10.9. The van der Waals surface area contributed by atoms with Gasteiger partial charge in [-0.2, -0.15) is 0 Å². The Bertz CT molecular complexity index is 325. The highest BCUT2D eigenvalue weighted by molar-refractivity contribution is 9.10. The molecule has 0 heterocycles. The molecule has 1 unspecified atom stereocenters. The summed E-state index contributed by atoms with van der Waals surface area (Å²) in [4.78, 5) is 0. The summed E-state index contributed by atoms with van der Waals surface area (Å²) in [6, 6.07) is 6.06. The number of nitrogens with one attached hydrogen (secondary N) is 1. The molecule has 1 atom stereocenters. The van der Waals surface area contributed by atoms with Crippen molar-refractivity contribution < 1.29 is 4.39 Å². The second-order valence-corrected chi connectivity index (χ2v) is 5.03. The van der Waals surface area contributed by atoms with Gasteiger partial charge in [-0.1, -0.05) is 19.9 Å². The first-order valence-corrected chi connectivity index (χ1v) is 5.98. The topological polar surface area (TPSA) is 12.0 Å². The summed E-state index contributed by atoms with van der Waals surface area (Å²) in [5.41, 5.74) is 1.14. The minimum atomic E-state index is -0.205. The third kappa shape index (κ3) is 4.31. The van der Waals surface area contributed by atoms with Gasteiger partial charge >= 0.3 is 0 Å². The fraction of sp³-hybridized carbons (Fsp3) is 0.500. The highest BCUT2D eigenvalue weighted by Crippen LogP contribution is 2.17. The van der Waals surface area contributed by atoms with Crippen LogP contribution in [-0.2, 0) is 6.42 Å². The van der Waals surface area contributed by atoms with Crippen LogP contribution >= 0.6 is 15.9 Å². The van der Waals surface area contributed by atoms with Gasteiger partial charge in [-0.05, 0) is 47.0 Å². The number of benzene rings is 1. The Morgan fingerprint density at radius 2 is 2.00 bits per heavy atom.